The second kappa shape index (κ2) is 9.53. The molecular formula is C23H25FN6O. The Kier molecular flexibility index (Phi) is 6.37. The van der Waals surface area contributed by atoms with E-state index in [4.69, 9.17) is 9.72 Å². The van der Waals surface area contributed by atoms with Crippen LogP contribution in [0.4, 0.5) is 21.8 Å². The van der Waals surface area contributed by atoms with E-state index in [0.717, 1.165) is 23.2 Å². The van der Waals surface area contributed by atoms with Crippen LogP contribution in [0.15, 0.2) is 60.8 Å². The molecule has 2 N–H and O–H groups in total. The van der Waals surface area contributed by atoms with Crippen LogP contribution in [0.5, 0.6) is 0 Å². The van der Waals surface area contributed by atoms with E-state index in [0.29, 0.717) is 30.6 Å². The highest BCUT2D eigenvalue weighted by Gasteiger charge is 2.14. The molecule has 0 radical (unpaired) electrons. The van der Waals surface area contributed by atoms with Gasteiger partial charge in [0, 0.05) is 18.8 Å². The number of fused-ring (bicyclic) bond motifs is 1. The summed E-state index contributed by atoms with van der Waals surface area (Å²) in [4.78, 5) is 9.34. The number of anilines is 3. The Balaban J connectivity index is 1.65. The van der Waals surface area contributed by atoms with Crippen molar-refractivity contribution in [1.82, 2.24) is 19.7 Å². The second-order valence-corrected chi connectivity index (χ2v) is 7.36. The van der Waals surface area contributed by atoms with Gasteiger partial charge in [0.2, 0.25) is 5.95 Å². The van der Waals surface area contributed by atoms with E-state index < -0.39 is 0 Å². The molecule has 8 heteroatoms. The summed E-state index contributed by atoms with van der Waals surface area (Å²) in [5.41, 5.74) is 2.30. The maximum atomic E-state index is 13.3. The third-order valence-electron chi connectivity index (χ3n) is 4.59. The topological polar surface area (TPSA) is 76.9 Å². The number of benzene rings is 2. The third kappa shape index (κ3) is 5.16. The van der Waals surface area contributed by atoms with E-state index in [1.54, 1.807) is 23.0 Å². The molecular weight excluding hydrogens is 395 g/mol. The number of para-hydroxylation sites is 1. The van der Waals surface area contributed by atoms with Crippen molar-refractivity contribution in [2.24, 2.45) is 0 Å². The average Bonchev–Trinajstić information content (AvgIpc) is 3.20. The lowest BCUT2D eigenvalue weighted by molar-refractivity contribution is 0.0787. The molecule has 0 bridgehead atoms. The van der Waals surface area contributed by atoms with Crippen LogP contribution >= 0.6 is 0 Å². The highest BCUT2D eigenvalue weighted by atomic mass is 19.1. The van der Waals surface area contributed by atoms with Gasteiger partial charge in [-0.15, -0.1) is 0 Å². The van der Waals surface area contributed by atoms with E-state index in [1.165, 1.54) is 12.1 Å². The lowest BCUT2D eigenvalue weighted by Gasteiger charge is -2.12. The van der Waals surface area contributed by atoms with Crippen molar-refractivity contribution in [2.75, 3.05) is 23.8 Å². The first-order chi connectivity index (χ1) is 15.1. The van der Waals surface area contributed by atoms with Gasteiger partial charge in [-0.05, 0) is 56.7 Å². The predicted octanol–water partition coefficient (Wildman–Crippen LogP) is 4.93. The summed E-state index contributed by atoms with van der Waals surface area (Å²) in [6, 6.07) is 15.9. The van der Waals surface area contributed by atoms with Crippen LogP contribution < -0.4 is 10.6 Å². The highest BCUT2D eigenvalue weighted by Crippen LogP contribution is 2.27. The number of nitrogens with one attached hydrogen (secondary N) is 2. The Morgan fingerprint density at radius 2 is 1.81 bits per heavy atom. The number of hydrogen-bond acceptors (Lipinski definition) is 6. The van der Waals surface area contributed by atoms with Crippen molar-refractivity contribution in [3.05, 3.63) is 66.6 Å². The van der Waals surface area contributed by atoms with Crippen LogP contribution in [0.25, 0.3) is 16.7 Å². The molecule has 31 heavy (non-hydrogen) atoms. The predicted molar refractivity (Wildman–Crippen MR) is 121 cm³/mol. The van der Waals surface area contributed by atoms with Gasteiger partial charge in [0.15, 0.2) is 5.65 Å². The van der Waals surface area contributed by atoms with Gasteiger partial charge in [-0.2, -0.15) is 15.1 Å². The fourth-order valence-corrected chi connectivity index (χ4v) is 3.10. The number of aromatic nitrogens is 4. The van der Waals surface area contributed by atoms with Gasteiger partial charge >= 0.3 is 0 Å². The molecule has 0 unspecified atom stereocenters. The van der Waals surface area contributed by atoms with E-state index >= 15 is 0 Å². The third-order valence-corrected chi connectivity index (χ3v) is 4.59. The minimum atomic E-state index is -0.291. The van der Waals surface area contributed by atoms with Crippen molar-refractivity contribution < 1.29 is 9.13 Å². The molecule has 4 aromatic rings. The normalized spacial score (nSPS) is 11.2. The minimum absolute atomic E-state index is 0.208. The molecule has 7 nitrogen and oxygen atoms in total. The van der Waals surface area contributed by atoms with Crippen molar-refractivity contribution in [2.45, 2.75) is 26.4 Å². The molecule has 0 atom stereocenters. The maximum absolute atomic E-state index is 13.3. The fourth-order valence-electron chi connectivity index (χ4n) is 3.10. The monoisotopic (exact) mass is 420 g/mol. The SMILES string of the molecule is CC(C)OCCCNc1nc(Nc2ccc(F)cc2)c2cnn(-c3ccccc3)c2n1. The first-order valence-corrected chi connectivity index (χ1v) is 10.3. The van der Waals surface area contributed by atoms with E-state index in [1.807, 2.05) is 44.2 Å². The van der Waals surface area contributed by atoms with Crippen LogP contribution in [0.1, 0.15) is 20.3 Å². The number of ether oxygens (including phenoxy) is 1. The zero-order valence-electron chi connectivity index (χ0n) is 17.5. The molecule has 0 saturated carbocycles. The standard InChI is InChI=1S/C23H25FN6O/c1-16(2)31-14-6-13-25-23-28-21(27-18-11-9-17(24)10-12-18)20-15-26-30(22(20)29-23)19-7-4-3-5-8-19/h3-5,7-12,15-16H,6,13-14H2,1-2H3,(H2,25,27,28,29). The van der Waals surface area contributed by atoms with Gasteiger partial charge in [0.05, 0.1) is 23.4 Å². The van der Waals surface area contributed by atoms with Gasteiger partial charge in [-0.1, -0.05) is 18.2 Å². The summed E-state index contributed by atoms with van der Waals surface area (Å²) in [6.45, 7) is 5.37. The Bertz CT molecular complexity index is 1130. The fraction of sp³-hybridized carbons (Fsp3) is 0.261. The van der Waals surface area contributed by atoms with Gasteiger partial charge in [-0.3, -0.25) is 0 Å². The molecule has 0 aliphatic rings. The summed E-state index contributed by atoms with van der Waals surface area (Å²) in [5.74, 6) is 0.792. The second-order valence-electron chi connectivity index (χ2n) is 7.36. The van der Waals surface area contributed by atoms with E-state index in [9.17, 15) is 4.39 Å². The molecule has 0 aliphatic carbocycles. The van der Waals surface area contributed by atoms with Crippen molar-refractivity contribution in [3.8, 4) is 5.69 Å². The van der Waals surface area contributed by atoms with Crippen molar-refractivity contribution >= 4 is 28.5 Å². The van der Waals surface area contributed by atoms with Crippen molar-refractivity contribution in [3.63, 3.8) is 0 Å². The van der Waals surface area contributed by atoms with Gasteiger partial charge in [0.1, 0.15) is 11.6 Å². The molecule has 4 rings (SSSR count). The maximum Gasteiger partial charge on any atom is 0.226 e. The summed E-state index contributed by atoms with van der Waals surface area (Å²) in [6.07, 6.45) is 2.77. The smallest absolute Gasteiger partial charge is 0.226 e. The molecule has 0 saturated heterocycles. The van der Waals surface area contributed by atoms with E-state index in [-0.39, 0.29) is 11.9 Å². The number of hydrogen-bond donors (Lipinski definition) is 2. The van der Waals surface area contributed by atoms with Gasteiger partial charge < -0.3 is 15.4 Å². The average molecular weight is 420 g/mol. The molecule has 2 heterocycles. The molecule has 2 aromatic carbocycles. The molecule has 0 aliphatic heterocycles. The van der Waals surface area contributed by atoms with Crippen LogP contribution in [-0.4, -0.2) is 39.0 Å². The van der Waals surface area contributed by atoms with Crippen LogP contribution in [0, 0.1) is 5.82 Å². The Morgan fingerprint density at radius 1 is 1.03 bits per heavy atom. The zero-order chi connectivity index (χ0) is 21.6. The minimum Gasteiger partial charge on any atom is -0.379 e. The first kappa shape index (κ1) is 20.7. The first-order valence-electron chi connectivity index (χ1n) is 10.3. The molecule has 0 amide bonds. The molecule has 0 spiro atoms. The Labute approximate surface area is 180 Å². The van der Waals surface area contributed by atoms with E-state index in [2.05, 4.69) is 20.7 Å². The van der Waals surface area contributed by atoms with Gasteiger partial charge in [0.25, 0.3) is 0 Å². The summed E-state index contributed by atoms with van der Waals surface area (Å²) < 4.78 is 20.7. The van der Waals surface area contributed by atoms with Crippen molar-refractivity contribution in [1.29, 1.82) is 0 Å². The molecule has 0 fully saturated rings. The largest absolute Gasteiger partial charge is 0.379 e. The van der Waals surface area contributed by atoms with Gasteiger partial charge in [-0.25, -0.2) is 9.07 Å². The lowest BCUT2D eigenvalue weighted by Crippen LogP contribution is -2.12. The van der Waals surface area contributed by atoms with Crippen LogP contribution in [0.2, 0.25) is 0 Å². The Hall–Kier alpha value is -3.52. The zero-order valence-corrected chi connectivity index (χ0v) is 17.5. The lowest BCUT2D eigenvalue weighted by atomic mass is 10.3. The molecule has 2 aromatic heterocycles. The number of rotatable bonds is 9. The number of halogens is 1. The number of nitrogens with zero attached hydrogens (tertiary/aromatic N) is 4. The highest BCUT2D eigenvalue weighted by molar-refractivity contribution is 5.90. The Morgan fingerprint density at radius 3 is 2.55 bits per heavy atom. The van der Waals surface area contributed by atoms with Crippen LogP contribution in [0.3, 0.4) is 0 Å². The summed E-state index contributed by atoms with van der Waals surface area (Å²) in [5, 5.41) is 11.8. The summed E-state index contributed by atoms with van der Waals surface area (Å²) in [7, 11) is 0. The molecule has 160 valence electrons. The summed E-state index contributed by atoms with van der Waals surface area (Å²) >= 11 is 0. The quantitative estimate of drug-likeness (QED) is 0.374. The van der Waals surface area contributed by atoms with Crippen LogP contribution in [-0.2, 0) is 4.74 Å².